The minimum absolute atomic E-state index is 0.0505. The van der Waals surface area contributed by atoms with E-state index in [0.717, 1.165) is 55.9 Å². The maximum absolute atomic E-state index is 12.7. The first-order valence-electron chi connectivity index (χ1n) is 9.29. The number of anilines is 1. The lowest BCUT2D eigenvalue weighted by atomic mass is 10.1. The Balaban J connectivity index is 1.99. The van der Waals surface area contributed by atoms with Crippen LogP contribution in [0.1, 0.15) is 42.6 Å². The molecule has 0 radical (unpaired) electrons. The number of carbonyl (C=O) groups excluding carboxylic acids is 1. The fourth-order valence-corrected chi connectivity index (χ4v) is 2.94. The van der Waals surface area contributed by atoms with Crippen LogP contribution in [0, 0.1) is 0 Å². The van der Waals surface area contributed by atoms with E-state index < -0.39 is 0 Å². The molecule has 0 spiro atoms. The molecule has 1 heterocycles. The predicted octanol–water partition coefficient (Wildman–Crippen LogP) is 4.01. The van der Waals surface area contributed by atoms with Crippen LogP contribution in [0.15, 0.2) is 42.7 Å². The largest absolute Gasteiger partial charge is 0.496 e. The number of para-hydroxylation sites is 1. The second-order valence-corrected chi connectivity index (χ2v) is 6.24. The van der Waals surface area contributed by atoms with Crippen molar-refractivity contribution in [2.24, 2.45) is 0 Å². The number of benzene rings is 1. The zero-order chi connectivity index (χ0) is 18.8. The molecular weight excluding hydrogens is 326 g/mol. The number of hydrogen-bond donors (Lipinski definition) is 1. The van der Waals surface area contributed by atoms with Gasteiger partial charge in [0.25, 0.3) is 5.91 Å². The first-order chi connectivity index (χ1) is 12.7. The van der Waals surface area contributed by atoms with Crippen molar-refractivity contribution >= 4 is 11.6 Å². The van der Waals surface area contributed by atoms with E-state index in [1.54, 1.807) is 19.5 Å². The van der Waals surface area contributed by atoms with Crippen LogP contribution in [0.5, 0.6) is 5.75 Å². The molecule has 5 heteroatoms. The van der Waals surface area contributed by atoms with Crippen molar-refractivity contribution < 1.29 is 9.53 Å². The third-order valence-corrected chi connectivity index (χ3v) is 4.18. The summed E-state index contributed by atoms with van der Waals surface area (Å²) in [7, 11) is 1.68. The molecule has 0 aliphatic carbocycles. The predicted molar refractivity (Wildman–Crippen MR) is 106 cm³/mol. The fourth-order valence-electron chi connectivity index (χ4n) is 2.94. The van der Waals surface area contributed by atoms with Gasteiger partial charge < -0.3 is 15.0 Å². The van der Waals surface area contributed by atoms with Gasteiger partial charge in [-0.25, -0.2) is 0 Å². The van der Waals surface area contributed by atoms with E-state index in [0.29, 0.717) is 5.56 Å². The monoisotopic (exact) mass is 355 g/mol. The molecule has 1 amide bonds. The highest BCUT2D eigenvalue weighted by atomic mass is 16.5. The molecule has 0 atom stereocenters. The lowest BCUT2D eigenvalue weighted by Gasteiger charge is -2.21. The molecule has 0 bridgehead atoms. The van der Waals surface area contributed by atoms with Crippen LogP contribution in [0.25, 0.3) is 0 Å². The number of rotatable bonds is 10. The van der Waals surface area contributed by atoms with Crippen molar-refractivity contribution in [3.05, 3.63) is 53.9 Å². The molecule has 1 N–H and O–H groups in total. The van der Waals surface area contributed by atoms with Crippen molar-refractivity contribution in [1.82, 2.24) is 9.88 Å². The Morgan fingerprint density at radius 1 is 1.15 bits per heavy atom. The van der Waals surface area contributed by atoms with Crippen LogP contribution in [0.4, 0.5) is 5.69 Å². The Kier molecular flexibility index (Phi) is 7.93. The Morgan fingerprint density at radius 2 is 1.88 bits per heavy atom. The van der Waals surface area contributed by atoms with Gasteiger partial charge in [-0.3, -0.25) is 9.78 Å². The molecule has 2 aromatic rings. The highest BCUT2D eigenvalue weighted by Crippen LogP contribution is 2.18. The quantitative estimate of drug-likeness (QED) is 0.700. The summed E-state index contributed by atoms with van der Waals surface area (Å²) in [5, 5.41) is 3.35. The Morgan fingerprint density at radius 3 is 2.58 bits per heavy atom. The summed E-state index contributed by atoms with van der Waals surface area (Å²) in [5.41, 5.74) is 2.65. The Hall–Kier alpha value is -2.56. The second-order valence-electron chi connectivity index (χ2n) is 6.24. The number of carbonyl (C=O) groups is 1. The Bertz CT molecular complexity index is 697. The number of amides is 1. The molecule has 0 saturated carbocycles. The highest BCUT2D eigenvalue weighted by Gasteiger charge is 2.15. The van der Waals surface area contributed by atoms with Gasteiger partial charge in [0.15, 0.2) is 0 Å². The summed E-state index contributed by atoms with van der Waals surface area (Å²) in [6.45, 7) is 6.47. The molecule has 0 saturated heterocycles. The molecule has 1 aromatic heterocycles. The zero-order valence-corrected chi connectivity index (χ0v) is 16.0. The van der Waals surface area contributed by atoms with Crippen LogP contribution in [-0.2, 0) is 6.42 Å². The van der Waals surface area contributed by atoms with E-state index >= 15 is 0 Å². The maximum Gasteiger partial charge on any atom is 0.255 e. The molecule has 26 heavy (non-hydrogen) atoms. The summed E-state index contributed by atoms with van der Waals surface area (Å²) in [6.07, 6.45) is 6.14. The van der Waals surface area contributed by atoms with E-state index in [2.05, 4.69) is 30.2 Å². The Labute approximate surface area is 156 Å². The van der Waals surface area contributed by atoms with Crippen LogP contribution in [0.3, 0.4) is 0 Å². The molecule has 140 valence electrons. The topological polar surface area (TPSA) is 54.5 Å². The third kappa shape index (κ3) is 5.48. The minimum Gasteiger partial charge on any atom is -0.496 e. The van der Waals surface area contributed by atoms with E-state index in [1.807, 2.05) is 29.2 Å². The molecular formula is C21H29N3O2. The smallest absolute Gasteiger partial charge is 0.255 e. The first kappa shape index (κ1) is 19.8. The molecule has 0 fully saturated rings. The van der Waals surface area contributed by atoms with E-state index in [-0.39, 0.29) is 5.91 Å². The average Bonchev–Trinajstić information content (AvgIpc) is 2.68. The van der Waals surface area contributed by atoms with Crippen LogP contribution < -0.4 is 10.1 Å². The highest BCUT2D eigenvalue weighted by molar-refractivity contribution is 5.94. The standard InChI is InChI=1S/C21H29N3O2/c1-4-12-24(13-5-2)21(25)18-14-19(16-22-15-18)23-11-10-17-8-6-7-9-20(17)26-3/h6-9,14-16,23H,4-5,10-13H2,1-3H3. The van der Waals surface area contributed by atoms with Crippen molar-refractivity contribution in [2.75, 3.05) is 32.1 Å². The van der Waals surface area contributed by atoms with Gasteiger partial charge >= 0.3 is 0 Å². The van der Waals surface area contributed by atoms with Gasteiger partial charge in [-0.15, -0.1) is 0 Å². The van der Waals surface area contributed by atoms with Gasteiger partial charge in [0.05, 0.1) is 18.4 Å². The van der Waals surface area contributed by atoms with Crippen LogP contribution in [0.2, 0.25) is 0 Å². The fraction of sp³-hybridized carbons (Fsp3) is 0.429. The number of aromatic nitrogens is 1. The van der Waals surface area contributed by atoms with Crippen molar-refractivity contribution in [2.45, 2.75) is 33.1 Å². The molecule has 1 aromatic carbocycles. The second kappa shape index (κ2) is 10.4. The SMILES string of the molecule is CCCN(CCC)C(=O)c1cncc(NCCc2ccccc2OC)c1. The number of nitrogens with zero attached hydrogens (tertiary/aromatic N) is 2. The van der Waals surface area contributed by atoms with Gasteiger partial charge in [0.1, 0.15) is 5.75 Å². The van der Waals surface area contributed by atoms with Gasteiger partial charge in [-0.05, 0) is 37.0 Å². The summed E-state index contributed by atoms with van der Waals surface area (Å²) in [6, 6.07) is 9.88. The number of hydrogen-bond acceptors (Lipinski definition) is 4. The zero-order valence-electron chi connectivity index (χ0n) is 16.0. The van der Waals surface area contributed by atoms with Crippen molar-refractivity contribution in [1.29, 1.82) is 0 Å². The van der Waals surface area contributed by atoms with Crippen LogP contribution in [-0.4, -0.2) is 42.5 Å². The number of methoxy groups -OCH3 is 1. The van der Waals surface area contributed by atoms with Gasteiger partial charge in [0, 0.05) is 32.0 Å². The molecule has 5 nitrogen and oxygen atoms in total. The normalized spacial score (nSPS) is 10.4. The maximum atomic E-state index is 12.7. The van der Waals surface area contributed by atoms with Gasteiger partial charge in [-0.2, -0.15) is 0 Å². The average molecular weight is 355 g/mol. The molecule has 0 aliphatic heterocycles. The van der Waals surface area contributed by atoms with Crippen molar-refractivity contribution in [3.8, 4) is 5.75 Å². The number of pyridine rings is 1. The summed E-state index contributed by atoms with van der Waals surface area (Å²) < 4.78 is 5.38. The van der Waals surface area contributed by atoms with Crippen LogP contribution >= 0.6 is 0 Å². The summed E-state index contributed by atoms with van der Waals surface area (Å²) in [4.78, 5) is 18.8. The van der Waals surface area contributed by atoms with Gasteiger partial charge in [-0.1, -0.05) is 32.0 Å². The van der Waals surface area contributed by atoms with E-state index in [9.17, 15) is 4.79 Å². The number of nitrogens with one attached hydrogen (secondary N) is 1. The summed E-state index contributed by atoms with van der Waals surface area (Å²) in [5.74, 6) is 0.945. The lowest BCUT2D eigenvalue weighted by Crippen LogP contribution is -2.32. The molecule has 2 rings (SSSR count). The minimum atomic E-state index is 0.0505. The number of ether oxygens (including phenoxy) is 1. The van der Waals surface area contributed by atoms with E-state index in [1.165, 1.54) is 0 Å². The van der Waals surface area contributed by atoms with E-state index in [4.69, 9.17) is 4.74 Å². The first-order valence-corrected chi connectivity index (χ1v) is 9.29. The molecule has 0 unspecified atom stereocenters. The van der Waals surface area contributed by atoms with Gasteiger partial charge in [0.2, 0.25) is 0 Å². The van der Waals surface area contributed by atoms with Crippen molar-refractivity contribution in [3.63, 3.8) is 0 Å². The summed E-state index contributed by atoms with van der Waals surface area (Å²) >= 11 is 0. The third-order valence-electron chi connectivity index (χ3n) is 4.18. The lowest BCUT2D eigenvalue weighted by molar-refractivity contribution is 0.0755. The molecule has 0 aliphatic rings.